The number of hydrogen-bond acceptors (Lipinski definition) is 5. The Morgan fingerprint density at radius 2 is 2.03 bits per heavy atom. The van der Waals surface area contributed by atoms with Crippen molar-refractivity contribution in [3.63, 3.8) is 0 Å². The molecule has 7 nitrogen and oxygen atoms in total. The van der Waals surface area contributed by atoms with Gasteiger partial charge in [0.25, 0.3) is 0 Å². The van der Waals surface area contributed by atoms with Crippen LogP contribution in [-0.4, -0.2) is 59.8 Å². The van der Waals surface area contributed by atoms with Gasteiger partial charge >= 0.3 is 6.03 Å². The number of hydrogen-bond donors (Lipinski definition) is 4. The van der Waals surface area contributed by atoms with Crippen molar-refractivity contribution in [2.24, 2.45) is 5.92 Å². The molecule has 0 bridgehead atoms. The number of anilines is 1. The van der Waals surface area contributed by atoms with Gasteiger partial charge in [-0.2, -0.15) is 0 Å². The number of nitrogens with one attached hydrogen (secondary N) is 4. The summed E-state index contributed by atoms with van der Waals surface area (Å²) in [6.45, 7) is 7.28. The molecule has 6 atom stereocenters. The summed E-state index contributed by atoms with van der Waals surface area (Å²) in [5.74, 6) is 1.47. The van der Waals surface area contributed by atoms with Gasteiger partial charge in [-0.15, -0.1) is 11.8 Å². The van der Waals surface area contributed by atoms with Crippen molar-refractivity contribution in [2.75, 3.05) is 24.7 Å². The summed E-state index contributed by atoms with van der Waals surface area (Å²) in [6.07, 6.45) is 1.86. The van der Waals surface area contributed by atoms with E-state index in [1.165, 1.54) is 0 Å². The Bertz CT molecular complexity index is 819. The lowest BCUT2D eigenvalue weighted by atomic mass is 9.75. The number of benzene rings is 1. The van der Waals surface area contributed by atoms with E-state index in [2.05, 4.69) is 35.1 Å². The number of thioether (sulfide) groups is 1. The molecule has 8 heteroatoms. The molecule has 0 radical (unpaired) electrons. The van der Waals surface area contributed by atoms with Gasteiger partial charge in [0.2, 0.25) is 5.91 Å². The Balaban J connectivity index is 1.47. The van der Waals surface area contributed by atoms with E-state index in [9.17, 15) is 9.59 Å². The zero-order chi connectivity index (χ0) is 21.4. The highest BCUT2D eigenvalue weighted by Crippen LogP contribution is 2.39. The van der Waals surface area contributed by atoms with E-state index in [-0.39, 0.29) is 23.4 Å². The first kappa shape index (κ1) is 21.5. The maximum atomic E-state index is 13.2. The normalized spacial score (nSPS) is 33.9. The van der Waals surface area contributed by atoms with Crippen molar-refractivity contribution in [3.8, 4) is 0 Å². The van der Waals surface area contributed by atoms with Gasteiger partial charge in [-0.1, -0.05) is 6.07 Å². The minimum atomic E-state index is -0.235. The molecule has 3 aliphatic rings. The van der Waals surface area contributed by atoms with Gasteiger partial charge in [-0.3, -0.25) is 10.1 Å². The van der Waals surface area contributed by atoms with E-state index < -0.39 is 0 Å². The monoisotopic (exact) mass is 431 g/mol. The lowest BCUT2D eigenvalue weighted by Gasteiger charge is -2.47. The number of carbonyl (C=O) groups is 2. The second kappa shape index (κ2) is 8.77. The number of piperidine rings is 2. The van der Waals surface area contributed by atoms with Crippen LogP contribution in [-0.2, 0) is 4.79 Å². The molecule has 3 amide bonds. The van der Waals surface area contributed by atoms with Crippen LogP contribution in [0.1, 0.15) is 43.7 Å². The molecule has 1 aromatic rings. The fraction of sp³-hybridized carbons (Fsp3) is 0.636. The number of likely N-dealkylation sites (tertiary alicyclic amines) is 1. The fourth-order valence-corrected chi connectivity index (χ4v) is 6.07. The SMILES string of the molecule is Cc1ccc(NC(=O)NC2NC(C)CS2)cc1C1CC2CNC(C)CC2N(C)C1=O. The lowest BCUT2D eigenvalue weighted by molar-refractivity contribution is -0.140. The molecule has 3 aliphatic heterocycles. The van der Waals surface area contributed by atoms with Crippen LogP contribution >= 0.6 is 11.8 Å². The van der Waals surface area contributed by atoms with Crippen molar-refractivity contribution < 1.29 is 9.59 Å². The number of rotatable bonds is 3. The average molecular weight is 432 g/mol. The third kappa shape index (κ3) is 4.45. The summed E-state index contributed by atoms with van der Waals surface area (Å²) >= 11 is 1.69. The molecule has 4 N–H and O–H groups in total. The summed E-state index contributed by atoms with van der Waals surface area (Å²) in [4.78, 5) is 27.6. The molecule has 3 saturated heterocycles. The molecule has 0 aromatic heterocycles. The van der Waals surface area contributed by atoms with Gasteiger partial charge in [-0.25, -0.2) is 4.79 Å². The number of aryl methyl sites for hydroxylation is 1. The van der Waals surface area contributed by atoms with Crippen LogP contribution in [0.25, 0.3) is 0 Å². The highest BCUT2D eigenvalue weighted by molar-refractivity contribution is 8.00. The van der Waals surface area contributed by atoms with Gasteiger partial charge in [0.05, 0.1) is 5.92 Å². The summed E-state index contributed by atoms with van der Waals surface area (Å²) in [5.41, 5.74) is 2.75. The first-order valence-corrected chi connectivity index (χ1v) is 11.9. The van der Waals surface area contributed by atoms with Crippen molar-refractivity contribution in [2.45, 2.75) is 63.2 Å². The summed E-state index contributed by atoms with van der Waals surface area (Å²) in [5, 5.41) is 12.8. The van der Waals surface area contributed by atoms with Crippen molar-refractivity contribution >= 4 is 29.4 Å². The Labute approximate surface area is 183 Å². The molecule has 0 aliphatic carbocycles. The molecule has 0 spiro atoms. The van der Waals surface area contributed by atoms with Gasteiger partial charge < -0.3 is 20.9 Å². The summed E-state index contributed by atoms with van der Waals surface area (Å²) in [6, 6.07) is 6.79. The highest BCUT2D eigenvalue weighted by atomic mass is 32.2. The average Bonchev–Trinajstić information content (AvgIpc) is 3.11. The van der Waals surface area contributed by atoms with Crippen LogP contribution in [0.15, 0.2) is 18.2 Å². The number of urea groups is 1. The van der Waals surface area contributed by atoms with E-state index >= 15 is 0 Å². The summed E-state index contributed by atoms with van der Waals surface area (Å²) in [7, 11) is 1.95. The van der Waals surface area contributed by atoms with E-state index in [1.54, 1.807) is 11.8 Å². The van der Waals surface area contributed by atoms with Gasteiger partial charge in [0.15, 0.2) is 0 Å². The van der Waals surface area contributed by atoms with Crippen LogP contribution < -0.4 is 21.3 Å². The third-order valence-corrected chi connectivity index (χ3v) is 7.95. The lowest BCUT2D eigenvalue weighted by Crippen LogP contribution is -2.57. The quantitative estimate of drug-likeness (QED) is 0.591. The molecule has 30 heavy (non-hydrogen) atoms. The minimum Gasteiger partial charge on any atom is -0.342 e. The van der Waals surface area contributed by atoms with E-state index in [0.29, 0.717) is 24.0 Å². The van der Waals surface area contributed by atoms with E-state index in [4.69, 9.17) is 0 Å². The molecule has 1 aromatic carbocycles. The van der Waals surface area contributed by atoms with Crippen LogP contribution in [0.3, 0.4) is 0 Å². The molecular formula is C22H33N5O2S. The molecule has 0 saturated carbocycles. The van der Waals surface area contributed by atoms with Crippen LogP contribution in [0.4, 0.5) is 10.5 Å². The van der Waals surface area contributed by atoms with Crippen molar-refractivity contribution in [1.29, 1.82) is 0 Å². The summed E-state index contributed by atoms with van der Waals surface area (Å²) < 4.78 is 0. The number of amides is 3. The Hall–Kier alpha value is -1.77. The molecular weight excluding hydrogens is 398 g/mol. The minimum absolute atomic E-state index is 0.0726. The molecule has 3 heterocycles. The Morgan fingerprint density at radius 3 is 2.77 bits per heavy atom. The standard InChI is InChI=1S/C22H33N5O2S/c1-12-5-6-16(25-21(29)26-22-24-14(3)11-30-22)9-17(12)18-8-15-10-23-13(2)7-19(15)27(4)20(18)28/h5-6,9,13-15,18-19,22-24H,7-8,10-11H2,1-4H3,(H2,25,26,29). The van der Waals surface area contributed by atoms with Crippen LogP contribution in [0, 0.1) is 12.8 Å². The second-order valence-electron chi connectivity index (χ2n) is 9.06. The predicted molar refractivity (Wildman–Crippen MR) is 122 cm³/mol. The first-order valence-electron chi connectivity index (χ1n) is 10.9. The maximum Gasteiger partial charge on any atom is 0.321 e. The fourth-order valence-electron chi connectivity index (χ4n) is 4.97. The molecule has 4 rings (SSSR count). The Morgan fingerprint density at radius 1 is 1.23 bits per heavy atom. The Kier molecular flexibility index (Phi) is 6.27. The molecule has 164 valence electrons. The largest absolute Gasteiger partial charge is 0.342 e. The number of likely N-dealkylation sites (N-methyl/N-ethyl adjacent to an activating group) is 1. The number of nitrogens with zero attached hydrogens (tertiary/aromatic N) is 1. The van der Waals surface area contributed by atoms with Gasteiger partial charge in [0, 0.05) is 43.2 Å². The first-order chi connectivity index (χ1) is 14.3. The maximum absolute atomic E-state index is 13.2. The van der Waals surface area contributed by atoms with E-state index in [1.807, 2.05) is 37.1 Å². The second-order valence-corrected chi connectivity index (χ2v) is 10.2. The van der Waals surface area contributed by atoms with Gasteiger partial charge in [0.1, 0.15) is 5.50 Å². The van der Waals surface area contributed by atoms with E-state index in [0.717, 1.165) is 42.0 Å². The van der Waals surface area contributed by atoms with Crippen LogP contribution in [0.5, 0.6) is 0 Å². The number of fused-ring (bicyclic) bond motifs is 1. The molecule has 6 unspecified atom stereocenters. The predicted octanol–water partition coefficient (Wildman–Crippen LogP) is 2.44. The van der Waals surface area contributed by atoms with Gasteiger partial charge in [-0.05, 0) is 62.8 Å². The van der Waals surface area contributed by atoms with Crippen molar-refractivity contribution in [1.82, 2.24) is 20.9 Å². The zero-order valence-electron chi connectivity index (χ0n) is 18.2. The zero-order valence-corrected chi connectivity index (χ0v) is 19.0. The topological polar surface area (TPSA) is 85.5 Å². The van der Waals surface area contributed by atoms with Crippen LogP contribution in [0.2, 0.25) is 0 Å². The molecule has 3 fully saturated rings. The smallest absolute Gasteiger partial charge is 0.321 e. The number of carbonyl (C=O) groups excluding carboxylic acids is 2. The van der Waals surface area contributed by atoms with Crippen molar-refractivity contribution in [3.05, 3.63) is 29.3 Å². The highest BCUT2D eigenvalue weighted by Gasteiger charge is 2.43. The third-order valence-electron chi connectivity index (χ3n) is 6.67.